The van der Waals surface area contributed by atoms with Crippen LogP contribution < -0.4 is 10.2 Å². The Kier molecular flexibility index (Phi) is 6.94. The van der Waals surface area contributed by atoms with Crippen molar-refractivity contribution in [2.75, 3.05) is 39.5 Å². The van der Waals surface area contributed by atoms with Crippen molar-refractivity contribution in [3.8, 4) is 0 Å². The molecule has 2 N–H and O–H groups in total. The van der Waals surface area contributed by atoms with E-state index < -0.39 is 11.7 Å². The first-order valence-corrected chi connectivity index (χ1v) is 9.37. The summed E-state index contributed by atoms with van der Waals surface area (Å²) in [5.74, 6) is 0.0182. The highest BCUT2D eigenvalue weighted by molar-refractivity contribution is 8.00. The summed E-state index contributed by atoms with van der Waals surface area (Å²) in [6.45, 7) is 1.61. The van der Waals surface area contributed by atoms with Crippen LogP contribution >= 0.6 is 11.8 Å². The first-order valence-electron chi connectivity index (χ1n) is 8.32. The number of rotatable bonds is 7. The largest absolute Gasteiger partial charge is 0.416 e. The molecule has 1 aliphatic heterocycles. The second-order valence-corrected chi connectivity index (χ2v) is 7.50. The van der Waals surface area contributed by atoms with Gasteiger partial charge in [0, 0.05) is 13.0 Å². The first-order chi connectivity index (χ1) is 12.2. The van der Waals surface area contributed by atoms with E-state index in [1.54, 1.807) is 4.90 Å². The minimum absolute atomic E-state index is 0.106. The van der Waals surface area contributed by atoms with Crippen molar-refractivity contribution in [3.63, 3.8) is 0 Å². The van der Waals surface area contributed by atoms with E-state index in [2.05, 4.69) is 5.32 Å². The molecule has 0 aliphatic carbocycles. The second-order valence-electron chi connectivity index (χ2n) is 6.43. The highest BCUT2D eigenvalue weighted by Crippen LogP contribution is 2.39. The quantitative estimate of drug-likeness (QED) is 0.728. The molecule has 1 fully saturated rings. The van der Waals surface area contributed by atoms with Crippen LogP contribution in [0.15, 0.2) is 24.3 Å². The molecule has 0 unspecified atom stereocenters. The van der Waals surface area contributed by atoms with Crippen molar-refractivity contribution in [3.05, 3.63) is 35.4 Å². The molecule has 0 bridgehead atoms. The van der Waals surface area contributed by atoms with Gasteiger partial charge in [-0.3, -0.25) is 9.59 Å². The minimum atomic E-state index is -4.39. The molecular formula is C17H23F3N3O2S+. The molecule has 0 aromatic heterocycles. The molecule has 1 atom stereocenters. The Morgan fingerprint density at radius 3 is 2.54 bits per heavy atom. The first kappa shape index (κ1) is 20.6. The molecule has 9 heteroatoms. The Bertz CT molecular complexity index is 635. The summed E-state index contributed by atoms with van der Waals surface area (Å²) >= 11 is 1.36. The van der Waals surface area contributed by atoms with Gasteiger partial charge in [-0.1, -0.05) is 12.1 Å². The number of carbonyl (C=O) groups is 2. The van der Waals surface area contributed by atoms with Gasteiger partial charge < -0.3 is 15.1 Å². The molecule has 144 valence electrons. The number of alkyl halides is 3. The van der Waals surface area contributed by atoms with Crippen molar-refractivity contribution >= 4 is 23.6 Å². The molecule has 0 radical (unpaired) electrons. The molecule has 1 aliphatic rings. The smallest absolute Gasteiger partial charge is 0.350 e. The average Bonchev–Trinajstić information content (AvgIpc) is 2.92. The summed E-state index contributed by atoms with van der Waals surface area (Å²) in [5, 5.41) is 2.44. The van der Waals surface area contributed by atoms with Gasteiger partial charge in [0.15, 0.2) is 0 Å². The van der Waals surface area contributed by atoms with E-state index >= 15 is 0 Å². The monoisotopic (exact) mass is 390 g/mol. The lowest BCUT2D eigenvalue weighted by Gasteiger charge is -2.24. The van der Waals surface area contributed by atoms with E-state index in [9.17, 15) is 22.8 Å². The summed E-state index contributed by atoms with van der Waals surface area (Å²) < 4.78 is 38.0. The van der Waals surface area contributed by atoms with Gasteiger partial charge in [-0.2, -0.15) is 13.2 Å². The summed E-state index contributed by atoms with van der Waals surface area (Å²) in [6, 6.07) is 4.83. The molecule has 26 heavy (non-hydrogen) atoms. The molecule has 2 amide bonds. The van der Waals surface area contributed by atoms with Crippen LogP contribution in [-0.4, -0.2) is 56.2 Å². The maximum absolute atomic E-state index is 12.7. The predicted octanol–water partition coefficient (Wildman–Crippen LogP) is 0.930. The number of halogens is 3. The number of benzene rings is 1. The Balaban J connectivity index is 1.94. The topological polar surface area (TPSA) is 53.9 Å². The zero-order valence-electron chi connectivity index (χ0n) is 14.7. The number of quaternary nitrogens is 1. The van der Waals surface area contributed by atoms with E-state index in [0.717, 1.165) is 18.7 Å². The van der Waals surface area contributed by atoms with E-state index in [1.807, 2.05) is 14.1 Å². The lowest BCUT2D eigenvalue weighted by Crippen LogP contribution is -3.06. The number of hydrogen-bond donors (Lipinski definition) is 2. The molecule has 1 heterocycles. The summed E-state index contributed by atoms with van der Waals surface area (Å²) in [6.07, 6.45) is -4.21. The highest BCUT2D eigenvalue weighted by atomic mass is 32.2. The Morgan fingerprint density at radius 2 is 1.96 bits per heavy atom. The van der Waals surface area contributed by atoms with Crippen molar-refractivity contribution in [2.24, 2.45) is 0 Å². The van der Waals surface area contributed by atoms with E-state index in [-0.39, 0.29) is 35.9 Å². The number of likely N-dealkylation sites (N-methyl/N-ethyl adjacent to an activating group) is 1. The van der Waals surface area contributed by atoms with Crippen molar-refractivity contribution in [2.45, 2.75) is 18.0 Å². The molecule has 0 spiro atoms. The average molecular weight is 390 g/mol. The van der Waals surface area contributed by atoms with E-state index in [4.69, 9.17) is 0 Å². The lowest BCUT2D eigenvalue weighted by atomic mass is 10.1. The van der Waals surface area contributed by atoms with Gasteiger partial charge >= 0.3 is 6.18 Å². The fourth-order valence-corrected chi connectivity index (χ4v) is 3.79. The standard InChI is InChI=1S/C17H22F3N3O2S/c1-22(2)10-8-21-14(24)7-9-23-15(25)11-26-16(23)12-3-5-13(6-4-12)17(18,19)20/h3-6,16H,7-11H2,1-2H3,(H,21,24)/p+1/t16-/m0/s1. The molecule has 1 saturated heterocycles. The van der Waals surface area contributed by atoms with Gasteiger partial charge in [-0.15, -0.1) is 11.8 Å². The van der Waals surface area contributed by atoms with Crippen molar-refractivity contribution in [1.29, 1.82) is 0 Å². The van der Waals surface area contributed by atoms with Crippen LogP contribution in [0.4, 0.5) is 13.2 Å². The number of hydrogen-bond acceptors (Lipinski definition) is 3. The summed E-state index contributed by atoms with van der Waals surface area (Å²) in [5.41, 5.74) is -0.0880. The maximum Gasteiger partial charge on any atom is 0.416 e. The third-order valence-electron chi connectivity index (χ3n) is 4.02. The Labute approximate surface area is 154 Å². The third-order valence-corrected chi connectivity index (χ3v) is 5.27. The van der Waals surface area contributed by atoms with Gasteiger partial charge in [-0.25, -0.2) is 0 Å². The number of thioether (sulfide) groups is 1. The molecule has 2 rings (SSSR count). The van der Waals surface area contributed by atoms with E-state index in [0.29, 0.717) is 12.1 Å². The third kappa shape index (κ3) is 5.63. The maximum atomic E-state index is 12.7. The van der Waals surface area contributed by atoms with Gasteiger partial charge in [0.05, 0.1) is 38.5 Å². The molecular weight excluding hydrogens is 367 g/mol. The van der Waals surface area contributed by atoms with Gasteiger partial charge in [0.1, 0.15) is 5.37 Å². The van der Waals surface area contributed by atoms with Gasteiger partial charge in [0.2, 0.25) is 11.8 Å². The van der Waals surface area contributed by atoms with Crippen molar-refractivity contribution < 1.29 is 27.7 Å². The Morgan fingerprint density at radius 1 is 1.31 bits per heavy atom. The van der Waals surface area contributed by atoms with Gasteiger partial charge in [-0.05, 0) is 17.7 Å². The van der Waals surface area contributed by atoms with Crippen molar-refractivity contribution in [1.82, 2.24) is 10.2 Å². The van der Waals surface area contributed by atoms with Crippen LogP contribution in [-0.2, 0) is 15.8 Å². The molecule has 1 aromatic carbocycles. The number of nitrogens with one attached hydrogen (secondary N) is 2. The fourth-order valence-electron chi connectivity index (χ4n) is 2.57. The fraction of sp³-hybridized carbons (Fsp3) is 0.529. The lowest BCUT2D eigenvalue weighted by molar-refractivity contribution is -0.856. The second kappa shape index (κ2) is 8.77. The van der Waals surface area contributed by atoms with Crippen LogP contribution in [0.3, 0.4) is 0 Å². The van der Waals surface area contributed by atoms with E-state index in [1.165, 1.54) is 28.8 Å². The normalized spacial score (nSPS) is 17.8. The zero-order chi connectivity index (χ0) is 19.3. The molecule has 0 saturated carbocycles. The Hall–Kier alpha value is -1.74. The van der Waals surface area contributed by atoms with Crippen LogP contribution in [0.2, 0.25) is 0 Å². The van der Waals surface area contributed by atoms with Gasteiger partial charge in [0.25, 0.3) is 0 Å². The molecule has 1 aromatic rings. The predicted molar refractivity (Wildman–Crippen MR) is 93.7 cm³/mol. The SMILES string of the molecule is C[NH+](C)CCNC(=O)CCN1C(=O)CS[C@H]1c1ccc(C(F)(F)F)cc1. The summed E-state index contributed by atoms with van der Waals surface area (Å²) in [7, 11) is 3.97. The zero-order valence-corrected chi connectivity index (χ0v) is 15.5. The van der Waals surface area contributed by atoms with Crippen LogP contribution in [0.1, 0.15) is 22.9 Å². The van der Waals surface area contributed by atoms with Crippen LogP contribution in [0.25, 0.3) is 0 Å². The minimum Gasteiger partial charge on any atom is -0.350 e. The summed E-state index contributed by atoms with van der Waals surface area (Å²) in [4.78, 5) is 26.8. The van der Waals surface area contributed by atoms with Crippen LogP contribution in [0, 0.1) is 0 Å². The van der Waals surface area contributed by atoms with Crippen LogP contribution in [0.5, 0.6) is 0 Å². The number of carbonyl (C=O) groups excluding carboxylic acids is 2. The number of amides is 2. The number of nitrogens with zero attached hydrogens (tertiary/aromatic N) is 1. The highest BCUT2D eigenvalue weighted by Gasteiger charge is 2.34. The molecule has 5 nitrogen and oxygen atoms in total.